The molecule has 1 heterocycles. The van der Waals surface area contributed by atoms with Crippen molar-refractivity contribution in [2.45, 2.75) is 32.3 Å². The zero-order chi connectivity index (χ0) is 15.5. The molecule has 0 saturated heterocycles. The minimum Gasteiger partial charge on any atom is -0.387 e. The van der Waals surface area contributed by atoms with Crippen LogP contribution in [0.25, 0.3) is 0 Å². The quantitative estimate of drug-likeness (QED) is 0.906. The maximum absolute atomic E-state index is 11.7. The van der Waals surface area contributed by atoms with Gasteiger partial charge in [0, 0.05) is 12.6 Å². The average Bonchev–Trinajstić information content (AvgIpc) is 2.98. The van der Waals surface area contributed by atoms with Gasteiger partial charge in [-0.3, -0.25) is 4.79 Å². The molecule has 0 aliphatic rings. The Kier molecular flexibility index (Phi) is 4.43. The first-order valence-corrected chi connectivity index (χ1v) is 6.85. The molecule has 0 spiro atoms. The number of hydrogen-bond acceptors (Lipinski definition) is 4. The lowest BCUT2D eigenvalue weighted by molar-refractivity contribution is 0.0907. The summed E-state index contributed by atoms with van der Waals surface area (Å²) in [4.78, 5) is 11.7. The van der Waals surface area contributed by atoms with E-state index in [1.807, 2.05) is 24.3 Å². The molecule has 1 aromatic carbocycles. The molecule has 0 saturated carbocycles. The largest absolute Gasteiger partial charge is 0.387 e. The van der Waals surface area contributed by atoms with E-state index in [9.17, 15) is 9.90 Å². The van der Waals surface area contributed by atoms with Crippen LogP contribution < -0.4 is 5.32 Å². The number of nitrogens with one attached hydrogen (secondary N) is 1. The molecule has 2 rings (SSSR count). The van der Waals surface area contributed by atoms with Crippen molar-refractivity contribution in [3.05, 3.63) is 53.4 Å². The normalized spacial score (nSPS) is 13.0. The molecule has 2 N–H and O–H groups in total. The van der Waals surface area contributed by atoms with Crippen molar-refractivity contribution < 1.29 is 14.4 Å². The second-order valence-electron chi connectivity index (χ2n) is 5.98. The number of rotatable bonds is 4. The Morgan fingerprint density at radius 2 is 1.95 bits per heavy atom. The van der Waals surface area contributed by atoms with Crippen LogP contribution in [0, 0.1) is 0 Å². The highest BCUT2D eigenvalue weighted by Gasteiger charge is 2.15. The van der Waals surface area contributed by atoms with Crippen LogP contribution in [0.2, 0.25) is 0 Å². The van der Waals surface area contributed by atoms with Crippen LogP contribution in [-0.4, -0.2) is 22.7 Å². The second kappa shape index (κ2) is 6.10. The van der Waals surface area contributed by atoms with Crippen LogP contribution in [0.4, 0.5) is 0 Å². The highest BCUT2D eigenvalue weighted by Crippen LogP contribution is 2.23. The van der Waals surface area contributed by atoms with Gasteiger partial charge < -0.3 is 14.9 Å². The molecule has 0 aliphatic carbocycles. The minimum atomic E-state index is -0.755. The van der Waals surface area contributed by atoms with Crippen LogP contribution in [-0.2, 0) is 5.41 Å². The summed E-state index contributed by atoms with van der Waals surface area (Å²) in [6.07, 6.45) is 0.575. The number of benzene rings is 1. The molecule has 112 valence electrons. The third-order valence-corrected chi connectivity index (χ3v) is 3.29. The van der Waals surface area contributed by atoms with E-state index in [0.717, 1.165) is 5.56 Å². The van der Waals surface area contributed by atoms with Gasteiger partial charge in [-0.15, -0.1) is 0 Å². The summed E-state index contributed by atoms with van der Waals surface area (Å²) in [5.41, 5.74) is 2.24. The fourth-order valence-corrected chi connectivity index (χ4v) is 1.93. The van der Waals surface area contributed by atoms with E-state index in [4.69, 9.17) is 0 Å². The molecule has 0 bridgehead atoms. The van der Waals surface area contributed by atoms with Crippen LogP contribution in [0.3, 0.4) is 0 Å². The number of amides is 1. The third kappa shape index (κ3) is 3.92. The maximum Gasteiger partial charge on any atom is 0.273 e. The van der Waals surface area contributed by atoms with Crippen LogP contribution in [0.15, 0.2) is 41.1 Å². The van der Waals surface area contributed by atoms with Gasteiger partial charge in [0.1, 0.15) is 6.26 Å². The van der Waals surface area contributed by atoms with E-state index in [1.54, 1.807) is 0 Å². The average molecular weight is 288 g/mol. The molecule has 5 nitrogen and oxygen atoms in total. The third-order valence-electron chi connectivity index (χ3n) is 3.29. The smallest absolute Gasteiger partial charge is 0.273 e. The molecule has 1 unspecified atom stereocenters. The van der Waals surface area contributed by atoms with Gasteiger partial charge in [-0.1, -0.05) is 50.2 Å². The molecule has 1 aromatic heterocycles. The van der Waals surface area contributed by atoms with Crippen LogP contribution >= 0.6 is 0 Å². The molecule has 2 aromatic rings. The van der Waals surface area contributed by atoms with Crippen LogP contribution in [0.5, 0.6) is 0 Å². The fraction of sp³-hybridized carbons (Fsp3) is 0.375. The Hall–Kier alpha value is -2.14. The van der Waals surface area contributed by atoms with E-state index in [0.29, 0.717) is 0 Å². The number of aromatic nitrogens is 1. The molecule has 0 fully saturated rings. The maximum atomic E-state index is 11.7. The van der Waals surface area contributed by atoms with Crippen molar-refractivity contribution in [3.8, 4) is 0 Å². The summed E-state index contributed by atoms with van der Waals surface area (Å²) in [6, 6.07) is 9.23. The first kappa shape index (κ1) is 15.3. The van der Waals surface area contributed by atoms with Gasteiger partial charge in [0.15, 0.2) is 5.69 Å². The van der Waals surface area contributed by atoms with Crippen molar-refractivity contribution >= 4 is 5.91 Å². The Labute approximate surface area is 124 Å². The van der Waals surface area contributed by atoms with Crippen molar-refractivity contribution in [3.63, 3.8) is 0 Å². The number of aliphatic hydroxyl groups excluding tert-OH is 1. The Morgan fingerprint density at radius 1 is 1.29 bits per heavy atom. The number of carbonyl (C=O) groups excluding carboxylic acids is 1. The zero-order valence-corrected chi connectivity index (χ0v) is 12.5. The molecule has 0 aliphatic heterocycles. The fourth-order valence-electron chi connectivity index (χ4n) is 1.93. The van der Waals surface area contributed by atoms with Gasteiger partial charge in [-0.2, -0.15) is 0 Å². The van der Waals surface area contributed by atoms with Gasteiger partial charge in [-0.25, -0.2) is 0 Å². The van der Waals surface area contributed by atoms with Crippen molar-refractivity contribution in [1.29, 1.82) is 0 Å². The van der Waals surface area contributed by atoms with Crippen molar-refractivity contribution in [2.24, 2.45) is 0 Å². The first-order valence-electron chi connectivity index (χ1n) is 6.85. The van der Waals surface area contributed by atoms with Gasteiger partial charge in [0.2, 0.25) is 0 Å². The molecule has 1 amide bonds. The summed E-state index contributed by atoms with van der Waals surface area (Å²) in [6.45, 7) is 6.53. The van der Waals surface area contributed by atoms with E-state index in [-0.39, 0.29) is 23.6 Å². The van der Waals surface area contributed by atoms with E-state index in [1.165, 1.54) is 17.9 Å². The van der Waals surface area contributed by atoms with Crippen molar-refractivity contribution in [2.75, 3.05) is 6.54 Å². The topological polar surface area (TPSA) is 75.4 Å². The summed E-state index contributed by atoms with van der Waals surface area (Å²) in [7, 11) is 0. The molecular weight excluding hydrogens is 268 g/mol. The lowest BCUT2D eigenvalue weighted by Gasteiger charge is -2.20. The highest BCUT2D eigenvalue weighted by molar-refractivity contribution is 5.91. The molecular formula is C16H20N2O3. The first-order chi connectivity index (χ1) is 9.88. The summed E-state index contributed by atoms with van der Waals surface area (Å²) < 4.78 is 4.60. The summed E-state index contributed by atoms with van der Waals surface area (Å²) >= 11 is 0. The van der Waals surface area contributed by atoms with Gasteiger partial charge in [0.25, 0.3) is 5.91 Å². The highest BCUT2D eigenvalue weighted by atomic mass is 16.5. The minimum absolute atomic E-state index is 0.0741. The van der Waals surface area contributed by atoms with E-state index in [2.05, 4.69) is 35.8 Å². The molecule has 21 heavy (non-hydrogen) atoms. The summed E-state index contributed by atoms with van der Waals surface area (Å²) in [5, 5.41) is 16.3. The Bertz CT molecular complexity index is 583. The predicted molar refractivity (Wildman–Crippen MR) is 78.9 cm³/mol. The number of hydrogen-bond donors (Lipinski definition) is 2. The van der Waals surface area contributed by atoms with Gasteiger partial charge in [0.05, 0.1) is 6.10 Å². The van der Waals surface area contributed by atoms with E-state index >= 15 is 0 Å². The molecule has 5 heteroatoms. The Balaban J connectivity index is 1.94. The number of aliphatic hydroxyl groups is 1. The zero-order valence-electron chi connectivity index (χ0n) is 12.5. The standard InChI is InChI=1S/C16H20N2O3/c1-16(2,3)12-6-4-11(5-7-12)14(19)10-17-15(20)13-8-9-21-18-13/h4-9,14,19H,10H2,1-3H3,(H,17,20). The summed E-state index contributed by atoms with van der Waals surface area (Å²) in [5.74, 6) is -0.367. The predicted octanol–water partition coefficient (Wildman–Crippen LogP) is 2.44. The number of nitrogens with zero attached hydrogens (tertiary/aromatic N) is 1. The Morgan fingerprint density at radius 3 is 2.48 bits per heavy atom. The van der Waals surface area contributed by atoms with Gasteiger partial charge in [-0.05, 0) is 16.5 Å². The second-order valence-corrected chi connectivity index (χ2v) is 5.98. The lowest BCUT2D eigenvalue weighted by atomic mass is 9.86. The SMILES string of the molecule is CC(C)(C)c1ccc(C(O)CNC(=O)c2ccon2)cc1. The lowest BCUT2D eigenvalue weighted by Crippen LogP contribution is -2.28. The van der Waals surface area contributed by atoms with E-state index < -0.39 is 6.10 Å². The number of carbonyl (C=O) groups is 1. The van der Waals surface area contributed by atoms with Crippen LogP contribution in [0.1, 0.15) is 48.5 Å². The van der Waals surface area contributed by atoms with Crippen molar-refractivity contribution in [1.82, 2.24) is 10.5 Å². The molecule has 1 atom stereocenters. The monoisotopic (exact) mass is 288 g/mol. The molecule has 0 radical (unpaired) electrons. The van der Waals surface area contributed by atoms with Gasteiger partial charge >= 0.3 is 0 Å².